The molecule has 0 N–H and O–H groups in total. The summed E-state index contributed by atoms with van der Waals surface area (Å²) < 4.78 is 27.0. The molecule has 0 unspecified atom stereocenters. The van der Waals surface area contributed by atoms with E-state index in [9.17, 15) is 9.59 Å². The Balaban J connectivity index is 1.04. The van der Waals surface area contributed by atoms with Crippen molar-refractivity contribution in [3.8, 4) is 56.3 Å². The van der Waals surface area contributed by atoms with Crippen molar-refractivity contribution in [3.05, 3.63) is 123 Å². The van der Waals surface area contributed by atoms with Crippen molar-refractivity contribution < 1.29 is 18.3 Å². The van der Waals surface area contributed by atoms with Crippen LogP contribution in [0.25, 0.3) is 66.7 Å². The Morgan fingerprint density at radius 2 is 1.23 bits per heavy atom. The second-order valence-electron chi connectivity index (χ2n) is 20.3. The summed E-state index contributed by atoms with van der Waals surface area (Å²) in [4.78, 5) is 29.9. The number of benzene rings is 4. The maximum Gasteiger partial charge on any atom is 0.344 e. The van der Waals surface area contributed by atoms with Crippen LogP contribution < -0.4 is 25.6 Å². The molecule has 0 fully saturated rings. The smallest absolute Gasteiger partial charge is 0.344 e. The SMILES string of the molecule is Cn1c(-c2ccc(-c3cc4cc5c6c(c4oc3=O)C(C)(C)CCN6CCC5(C)C)cc2)ccc1-c1cccc(-c2cc3c(OC(C)(C)C)cc(OC(C)(C)C)cc3oc2=O)c1. The lowest BCUT2D eigenvalue weighted by molar-refractivity contribution is 0.122. The molecular weight excluding hydrogens is 761 g/mol. The molecule has 8 nitrogen and oxygen atoms in total. The van der Waals surface area contributed by atoms with Crippen LogP contribution in [-0.4, -0.2) is 28.9 Å². The molecule has 61 heavy (non-hydrogen) atoms. The molecule has 0 amide bonds. The van der Waals surface area contributed by atoms with E-state index in [0.29, 0.717) is 33.6 Å². The third-order valence-electron chi connectivity index (χ3n) is 12.4. The summed E-state index contributed by atoms with van der Waals surface area (Å²) in [6, 6.07) is 30.1. The summed E-state index contributed by atoms with van der Waals surface area (Å²) in [7, 11) is 2.04. The average molecular weight is 817 g/mol. The van der Waals surface area contributed by atoms with E-state index in [2.05, 4.69) is 67.5 Å². The van der Waals surface area contributed by atoms with Crippen LogP contribution in [0.15, 0.2) is 109 Å². The maximum atomic E-state index is 13.8. The van der Waals surface area contributed by atoms with E-state index < -0.39 is 16.8 Å². The monoisotopic (exact) mass is 816 g/mol. The van der Waals surface area contributed by atoms with Gasteiger partial charge in [0.05, 0.1) is 16.5 Å². The van der Waals surface area contributed by atoms with Gasteiger partial charge in [-0.15, -0.1) is 0 Å². The van der Waals surface area contributed by atoms with Crippen LogP contribution in [0.2, 0.25) is 0 Å². The van der Waals surface area contributed by atoms with E-state index in [1.54, 1.807) is 6.07 Å². The number of hydrogen-bond donors (Lipinski definition) is 0. The predicted molar refractivity (Wildman–Crippen MR) is 248 cm³/mol. The first-order chi connectivity index (χ1) is 28.7. The number of fused-ring (bicyclic) bond motifs is 3. The molecule has 7 aromatic rings. The topological polar surface area (TPSA) is 87.1 Å². The first-order valence-electron chi connectivity index (χ1n) is 21.4. The minimum Gasteiger partial charge on any atom is -0.488 e. The molecule has 4 aromatic carbocycles. The van der Waals surface area contributed by atoms with Gasteiger partial charge in [-0.25, -0.2) is 9.59 Å². The molecule has 5 heterocycles. The Morgan fingerprint density at radius 3 is 1.92 bits per heavy atom. The van der Waals surface area contributed by atoms with Gasteiger partial charge in [-0.2, -0.15) is 0 Å². The quantitative estimate of drug-likeness (QED) is 0.154. The van der Waals surface area contributed by atoms with E-state index in [0.717, 1.165) is 70.5 Å². The van der Waals surface area contributed by atoms with Crippen molar-refractivity contribution in [2.24, 2.45) is 7.05 Å². The van der Waals surface area contributed by atoms with Crippen molar-refractivity contribution in [2.45, 2.75) is 104 Å². The highest BCUT2D eigenvalue weighted by molar-refractivity contribution is 5.93. The zero-order valence-corrected chi connectivity index (χ0v) is 37.3. The molecular formula is C53H56N2O6. The lowest BCUT2D eigenvalue weighted by atomic mass is 9.69. The van der Waals surface area contributed by atoms with Gasteiger partial charge in [0.15, 0.2) is 0 Å². The first kappa shape index (κ1) is 40.4. The highest BCUT2D eigenvalue weighted by atomic mass is 16.5. The highest BCUT2D eigenvalue weighted by Gasteiger charge is 2.42. The number of ether oxygens (including phenoxy) is 2. The minimum atomic E-state index is -0.494. The van der Waals surface area contributed by atoms with Gasteiger partial charge in [0, 0.05) is 60.3 Å². The van der Waals surface area contributed by atoms with Crippen LogP contribution in [0, 0.1) is 0 Å². The van der Waals surface area contributed by atoms with E-state index in [4.69, 9.17) is 18.3 Å². The van der Waals surface area contributed by atoms with Gasteiger partial charge in [0.2, 0.25) is 0 Å². The number of rotatable bonds is 6. The number of aromatic nitrogens is 1. The van der Waals surface area contributed by atoms with Crippen molar-refractivity contribution >= 4 is 27.6 Å². The molecule has 0 saturated carbocycles. The van der Waals surface area contributed by atoms with Crippen LogP contribution in [0.4, 0.5) is 5.69 Å². The van der Waals surface area contributed by atoms with E-state index in [-0.39, 0.29) is 16.5 Å². The van der Waals surface area contributed by atoms with Crippen molar-refractivity contribution in [3.63, 3.8) is 0 Å². The first-order valence-corrected chi connectivity index (χ1v) is 21.4. The molecule has 2 aliphatic heterocycles. The van der Waals surface area contributed by atoms with Crippen molar-refractivity contribution in [1.29, 1.82) is 0 Å². The van der Waals surface area contributed by atoms with Gasteiger partial charge in [-0.05, 0) is 129 Å². The number of anilines is 1. The summed E-state index contributed by atoms with van der Waals surface area (Å²) in [5.74, 6) is 1.15. The number of nitrogens with zero attached hydrogens (tertiary/aromatic N) is 2. The zero-order valence-electron chi connectivity index (χ0n) is 37.3. The van der Waals surface area contributed by atoms with Gasteiger partial charge < -0.3 is 27.8 Å². The summed E-state index contributed by atoms with van der Waals surface area (Å²) in [5, 5.41) is 1.67. The van der Waals surface area contributed by atoms with Crippen molar-refractivity contribution in [2.75, 3.05) is 18.0 Å². The fourth-order valence-electron chi connectivity index (χ4n) is 9.30. The largest absolute Gasteiger partial charge is 0.488 e. The van der Waals surface area contributed by atoms with E-state index >= 15 is 0 Å². The molecule has 0 radical (unpaired) electrons. The lowest BCUT2D eigenvalue weighted by Crippen LogP contribution is -2.44. The molecule has 9 rings (SSSR count). The molecule has 314 valence electrons. The maximum absolute atomic E-state index is 13.8. The normalized spacial score (nSPS) is 15.9. The molecule has 0 spiro atoms. The van der Waals surface area contributed by atoms with Crippen LogP contribution in [0.1, 0.15) is 93.2 Å². The van der Waals surface area contributed by atoms with Gasteiger partial charge in [-0.1, -0.05) is 70.2 Å². The third kappa shape index (κ3) is 7.34. The van der Waals surface area contributed by atoms with Crippen LogP contribution in [0.3, 0.4) is 0 Å². The molecule has 0 aliphatic carbocycles. The summed E-state index contributed by atoms with van der Waals surface area (Å²) in [6.07, 6.45) is 2.11. The Labute approximate surface area is 357 Å². The van der Waals surface area contributed by atoms with Gasteiger partial charge in [-0.3, -0.25) is 0 Å². The lowest BCUT2D eigenvalue weighted by Gasteiger charge is -2.48. The Kier molecular flexibility index (Phi) is 9.28. The summed E-state index contributed by atoms with van der Waals surface area (Å²) >= 11 is 0. The Morgan fingerprint density at radius 1 is 0.623 bits per heavy atom. The molecule has 0 bridgehead atoms. The van der Waals surface area contributed by atoms with Crippen LogP contribution in [0.5, 0.6) is 11.5 Å². The van der Waals surface area contributed by atoms with Crippen LogP contribution in [-0.2, 0) is 17.9 Å². The van der Waals surface area contributed by atoms with Gasteiger partial charge in [0.25, 0.3) is 0 Å². The van der Waals surface area contributed by atoms with Crippen LogP contribution >= 0.6 is 0 Å². The second-order valence-corrected chi connectivity index (χ2v) is 20.3. The predicted octanol–water partition coefficient (Wildman–Crippen LogP) is 12.4. The molecule has 3 aromatic heterocycles. The molecule has 0 atom stereocenters. The van der Waals surface area contributed by atoms with Crippen molar-refractivity contribution in [1.82, 2.24) is 4.57 Å². The number of hydrogen-bond acceptors (Lipinski definition) is 7. The molecule has 0 saturated heterocycles. The minimum absolute atomic E-state index is 0.0266. The molecule has 8 heteroatoms. The van der Waals surface area contributed by atoms with E-state index in [1.807, 2.05) is 103 Å². The highest BCUT2D eigenvalue weighted by Crippen LogP contribution is 2.52. The van der Waals surface area contributed by atoms with Gasteiger partial charge >= 0.3 is 11.3 Å². The fraction of sp³-hybridized carbons (Fsp3) is 0.358. The second kappa shape index (κ2) is 14.0. The Hall–Kier alpha value is -6.02. The third-order valence-corrected chi connectivity index (χ3v) is 12.4. The zero-order chi connectivity index (χ0) is 43.4. The Bertz CT molecular complexity index is 3000. The standard InChI is InChI=1S/C53H56N2O6/c1-50(2,3)60-36-28-43-39(44(29-36)61-51(4,5)6)30-38(48(56)58-43)33-13-12-14-34(25-33)42-20-19-41(54(42)11)32-17-15-31(16-18-32)37-26-35-27-40-46-45(47(35)59-49(37)57)53(9,10)22-24-55(46)23-21-52(40,7)8/h12-20,25-30H,21-24H2,1-11H3. The van der Waals surface area contributed by atoms with E-state index in [1.165, 1.54) is 16.8 Å². The molecule has 2 aliphatic rings. The fourth-order valence-corrected chi connectivity index (χ4v) is 9.30. The van der Waals surface area contributed by atoms with Gasteiger partial charge in [0.1, 0.15) is 33.9 Å². The summed E-state index contributed by atoms with van der Waals surface area (Å²) in [5.41, 5.74) is 9.64. The summed E-state index contributed by atoms with van der Waals surface area (Å²) in [6.45, 7) is 23.1. The average Bonchev–Trinajstić information content (AvgIpc) is 3.56.